The second-order valence-electron chi connectivity index (χ2n) is 1.21. The van der Waals surface area contributed by atoms with E-state index in [2.05, 4.69) is 5.10 Å². The van der Waals surface area contributed by atoms with E-state index in [0.717, 1.165) is 13.0 Å². The van der Waals surface area contributed by atoms with Crippen molar-refractivity contribution in [1.29, 1.82) is 0 Å². The molecule has 0 amide bonds. The largest absolute Gasteiger partial charge is 0.214 e. The van der Waals surface area contributed by atoms with Crippen LogP contribution in [-0.4, -0.2) is 17.9 Å². The Kier molecular flexibility index (Phi) is 0.759. The zero-order chi connectivity index (χ0) is 4.41. The van der Waals surface area contributed by atoms with Crippen molar-refractivity contribution in [3.8, 4) is 0 Å². The summed E-state index contributed by atoms with van der Waals surface area (Å²) in [6.07, 6.45) is 2.68. The predicted octanol–water partition coefficient (Wildman–Crippen LogP) is -0.124. The number of nitrogens with one attached hydrogen (secondary N) is 1. The first-order valence-corrected chi connectivity index (χ1v) is 1.91. The van der Waals surface area contributed by atoms with Gasteiger partial charge in [-0.25, -0.2) is 5.12 Å². The molecule has 0 bridgehead atoms. The molecule has 0 aromatic heterocycles. The van der Waals surface area contributed by atoms with Crippen LogP contribution in [0.3, 0.4) is 0 Å². The van der Waals surface area contributed by atoms with Crippen LogP contribution in [0.1, 0.15) is 6.42 Å². The Labute approximate surface area is 36.4 Å². The van der Waals surface area contributed by atoms with E-state index in [4.69, 9.17) is 5.84 Å². The highest BCUT2D eigenvalue weighted by Crippen LogP contribution is 1.90. The highest BCUT2D eigenvalue weighted by atomic mass is 15.6. The van der Waals surface area contributed by atoms with Gasteiger partial charge in [0.05, 0.1) is 6.54 Å². The summed E-state index contributed by atoms with van der Waals surface area (Å²) < 4.78 is 0. The normalized spacial score (nSPS) is 19.8. The molecule has 0 spiro atoms. The number of hydrogen-bond acceptors (Lipinski definition) is 2. The summed E-state index contributed by atoms with van der Waals surface area (Å²) in [5.74, 6) is 6.77. The van der Waals surface area contributed by atoms with Gasteiger partial charge in [0.25, 0.3) is 0 Å². The maximum atomic E-state index is 6.77. The maximum Gasteiger partial charge on any atom is 0.0597 e. The molecular weight excluding hydrogens is 78.1 g/mol. The first kappa shape index (κ1) is 3.61. The average molecular weight is 84.1 g/mol. The summed E-state index contributed by atoms with van der Waals surface area (Å²) in [5, 5.41) is 4.79. The fraction of sp³-hybridized carbons (Fsp3) is 0.667. The molecule has 0 aromatic rings. The molecule has 3 nitrogen and oxygen atoms in total. The first-order valence-electron chi connectivity index (χ1n) is 1.91. The number of rotatable bonds is 0. The maximum absolute atomic E-state index is 6.77. The standard InChI is InChI=1S/C3H6N3/c4-6-3-1-2-5-6/h2,4H,1,3H2. The van der Waals surface area contributed by atoms with Crippen LogP contribution in [0.15, 0.2) is 5.10 Å². The third-order valence-electron chi connectivity index (χ3n) is 0.691. The molecule has 0 saturated heterocycles. The fourth-order valence-electron chi connectivity index (χ4n) is 0.394. The van der Waals surface area contributed by atoms with Gasteiger partial charge < -0.3 is 0 Å². The van der Waals surface area contributed by atoms with Crippen LogP contribution in [0.5, 0.6) is 0 Å². The Balaban J connectivity index is 2.38. The molecule has 0 fully saturated rings. The molecule has 0 aliphatic carbocycles. The van der Waals surface area contributed by atoms with Gasteiger partial charge in [-0.1, -0.05) is 0 Å². The lowest BCUT2D eigenvalue weighted by Crippen LogP contribution is -2.08. The van der Waals surface area contributed by atoms with E-state index in [1.54, 1.807) is 6.21 Å². The lowest BCUT2D eigenvalue weighted by molar-refractivity contribution is 0.312. The highest BCUT2D eigenvalue weighted by Gasteiger charge is 1.96. The quantitative estimate of drug-likeness (QED) is 0.403. The van der Waals surface area contributed by atoms with Crippen molar-refractivity contribution in [2.75, 3.05) is 6.54 Å². The van der Waals surface area contributed by atoms with Crippen molar-refractivity contribution >= 4 is 6.21 Å². The van der Waals surface area contributed by atoms with Gasteiger partial charge in [-0.2, -0.15) is 5.10 Å². The van der Waals surface area contributed by atoms with E-state index in [0.29, 0.717) is 0 Å². The van der Waals surface area contributed by atoms with Crippen LogP contribution in [0.2, 0.25) is 0 Å². The molecule has 3 heteroatoms. The molecule has 0 unspecified atom stereocenters. The average Bonchev–Trinajstić information content (AvgIpc) is 1.86. The molecule has 0 atom stereocenters. The van der Waals surface area contributed by atoms with Crippen LogP contribution in [0.25, 0.3) is 0 Å². The molecular formula is C3H6N3. The van der Waals surface area contributed by atoms with Crippen molar-refractivity contribution < 1.29 is 0 Å². The van der Waals surface area contributed by atoms with E-state index in [-0.39, 0.29) is 0 Å². The number of hydrazone groups is 1. The van der Waals surface area contributed by atoms with Gasteiger partial charge in [-0.15, -0.1) is 5.84 Å². The summed E-state index contributed by atoms with van der Waals surface area (Å²) in [7, 11) is 0. The zero-order valence-corrected chi connectivity index (χ0v) is 3.39. The van der Waals surface area contributed by atoms with E-state index < -0.39 is 0 Å². The van der Waals surface area contributed by atoms with E-state index in [9.17, 15) is 0 Å². The van der Waals surface area contributed by atoms with Crippen molar-refractivity contribution in [3.05, 3.63) is 0 Å². The number of hydrogen-bond donors (Lipinski definition) is 0. The minimum Gasteiger partial charge on any atom is -0.214 e. The molecule has 1 rings (SSSR count). The second kappa shape index (κ2) is 1.26. The van der Waals surface area contributed by atoms with Crippen LogP contribution in [0, 0.1) is 0 Å². The van der Waals surface area contributed by atoms with Gasteiger partial charge in [0, 0.05) is 12.6 Å². The van der Waals surface area contributed by atoms with Gasteiger partial charge >= 0.3 is 0 Å². The molecule has 1 aliphatic rings. The molecule has 1 N–H and O–H groups in total. The highest BCUT2D eigenvalue weighted by molar-refractivity contribution is 5.58. The summed E-state index contributed by atoms with van der Waals surface area (Å²) in [6, 6.07) is 0. The van der Waals surface area contributed by atoms with Crippen molar-refractivity contribution in [3.63, 3.8) is 0 Å². The SMILES string of the molecule is [NH]N1CCC=N1. The molecule has 0 saturated carbocycles. The smallest absolute Gasteiger partial charge is 0.0597 e. The van der Waals surface area contributed by atoms with Crippen molar-refractivity contribution in [2.24, 2.45) is 5.10 Å². The van der Waals surface area contributed by atoms with Crippen LogP contribution in [-0.2, 0) is 0 Å². The Morgan fingerprint density at radius 1 is 1.83 bits per heavy atom. The third-order valence-corrected chi connectivity index (χ3v) is 0.691. The summed E-state index contributed by atoms with van der Waals surface area (Å²) in [6.45, 7) is 0.764. The van der Waals surface area contributed by atoms with Crippen molar-refractivity contribution in [1.82, 2.24) is 11.0 Å². The Morgan fingerprint density at radius 2 is 2.67 bits per heavy atom. The second-order valence-corrected chi connectivity index (χ2v) is 1.21. The summed E-state index contributed by atoms with van der Waals surface area (Å²) in [4.78, 5) is 0. The van der Waals surface area contributed by atoms with Gasteiger partial charge in [0.15, 0.2) is 0 Å². The van der Waals surface area contributed by atoms with E-state index in [1.165, 1.54) is 5.12 Å². The van der Waals surface area contributed by atoms with Gasteiger partial charge in [0.1, 0.15) is 0 Å². The zero-order valence-electron chi connectivity index (χ0n) is 3.39. The third kappa shape index (κ3) is 0.490. The Morgan fingerprint density at radius 3 is 2.83 bits per heavy atom. The minimum absolute atomic E-state index is 0.764. The molecule has 33 valence electrons. The van der Waals surface area contributed by atoms with Gasteiger partial charge in [0.2, 0.25) is 0 Å². The monoisotopic (exact) mass is 84.1 g/mol. The predicted molar refractivity (Wildman–Crippen MR) is 22.9 cm³/mol. The summed E-state index contributed by atoms with van der Waals surface area (Å²) in [5.41, 5.74) is 0. The van der Waals surface area contributed by atoms with Crippen LogP contribution in [0.4, 0.5) is 0 Å². The molecule has 0 aromatic carbocycles. The Hall–Kier alpha value is -0.570. The molecule has 6 heavy (non-hydrogen) atoms. The molecule has 1 radical (unpaired) electrons. The topological polar surface area (TPSA) is 39.4 Å². The lowest BCUT2D eigenvalue weighted by atomic mass is 10.5. The van der Waals surface area contributed by atoms with E-state index in [1.807, 2.05) is 0 Å². The van der Waals surface area contributed by atoms with Gasteiger partial charge in [-0.05, 0) is 0 Å². The minimum atomic E-state index is 0.764. The van der Waals surface area contributed by atoms with E-state index >= 15 is 0 Å². The Bertz CT molecular complexity index is 68.4. The van der Waals surface area contributed by atoms with Crippen LogP contribution < -0.4 is 5.84 Å². The van der Waals surface area contributed by atoms with Crippen molar-refractivity contribution in [2.45, 2.75) is 6.42 Å². The molecule has 1 heterocycles. The van der Waals surface area contributed by atoms with Gasteiger partial charge in [-0.3, -0.25) is 0 Å². The first-order chi connectivity index (χ1) is 2.89. The summed E-state index contributed by atoms with van der Waals surface area (Å²) >= 11 is 0. The molecule has 1 aliphatic heterocycles. The fourth-order valence-corrected chi connectivity index (χ4v) is 0.394. The van der Waals surface area contributed by atoms with Crippen LogP contribution >= 0.6 is 0 Å². The lowest BCUT2D eigenvalue weighted by Gasteiger charge is -1.97. The number of nitrogens with zero attached hydrogens (tertiary/aromatic N) is 2.